The SMILES string of the molecule is CN(C)c1ccc(P(c2ccccc2)c2ccccc2)cc1.Cl. The lowest BCUT2D eigenvalue weighted by atomic mass is 10.3. The first-order chi connectivity index (χ1) is 10.8. The van der Waals surface area contributed by atoms with Crippen molar-refractivity contribution in [2.75, 3.05) is 19.0 Å². The molecule has 0 radical (unpaired) electrons. The zero-order valence-corrected chi connectivity index (χ0v) is 15.1. The van der Waals surface area contributed by atoms with Crippen LogP contribution < -0.4 is 20.8 Å². The lowest BCUT2D eigenvalue weighted by Crippen LogP contribution is -2.20. The van der Waals surface area contributed by atoms with Crippen LogP contribution >= 0.6 is 20.3 Å². The monoisotopic (exact) mass is 341 g/mol. The van der Waals surface area contributed by atoms with Gasteiger partial charge < -0.3 is 4.90 Å². The second-order valence-corrected chi connectivity index (χ2v) is 7.64. The van der Waals surface area contributed by atoms with E-state index in [4.69, 9.17) is 0 Å². The Labute approximate surface area is 146 Å². The first-order valence-corrected chi connectivity index (χ1v) is 8.77. The Hall–Kier alpha value is -1.82. The molecule has 23 heavy (non-hydrogen) atoms. The smallest absolute Gasteiger partial charge is 0.0361 e. The predicted octanol–water partition coefficient (Wildman–Crippen LogP) is 3.93. The molecule has 0 spiro atoms. The van der Waals surface area contributed by atoms with E-state index in [9.17, 15) is 0 Å². The molecule has 0 N–H and O–H groups in total. The van der Waals surface area contributed by atoms with Crippen LogP contribution in [0.25, 0.3) is 0 Å². The van der Waals surface area contributed by atoms with Gasteiger partial charge in [0.2, 0.25) is 0 Å². The molecule has 0 unspecified atom stereocenters. The Morgan fingerprint density at radius 1 is 0.565 bits per heavy atom. The average molecular weight is 342 g/mol. The molecule has 0 aliphatic carbocycles. The molecule has 0 saturated heterocycles. The molecule has 0 bridgehead atoms. The van der Waals surface area contributed by atoms with Gasteiger partial charge in [0.05, 0.1) is 0 Å². The second kappa shape index (κ2) is 8.15. The second-order valence-electron chi connectivity index (χ2n) is 5.42. The van der Waals surface area contributed by atoms with Crippen LogP contribution in [0, 0.1) is 0 Å². The van der Waals surface area contributed by atoms with Gasteiger partial charge in [-0.3, -0.25) is 0 Å². The predicted molar refractivity (Wildman–Crippen MR) is 107 cm³/mol. The lowest BCUT2D eigenvalue weighted by Gasteiger charge is -2.20. The van der Waals surface area contributed by atoms with Crippen molar-refractivity contribution in [3.05, 3.63) is 84.9 Å². The van der Waals surface area contributed by atoms with Crippen LogP contribution in [0.5, 0.6) is 0 Å². The van der Waals surface area contributed by atoms with Crippen molar-refractivity contribution in [2.45, 2.75) is 0 Å². The highest BCUT2D eigenvalue weighted by molar-refractivity contribution is 7.79. The van der Waals surface area contributed by atoms with Gasteiger partial charge in [0.1, 0.15) is 0 Å². The molecule has 3 aromatic rings. The van der Waals surface area contributed by atoms with E-state index in [0.717, 1.165) is 0 Å². The topological polar surface area (TPSA) is 3.24 Å². The molecule has 1 nitrogen and oxygen atoms in total. The van der Waals surface area contributed by atoms with Gasteiger partial charge in [-0.15, -0.1) is 12.4 Å². The Bertz CT molecular complexity index is 672. The molecule has 0 aromatic heterocycles. The Morgan fingerprint density at radius 3 is 1.35 bits per heavy atom. The molecule has 0 amide bonds. The summed E-state index contributed by atoms with van der Waals surface area (Å²) >= 11 is 0. The molecule has 0 aliphatic rings. The summed E-state index contributed by atoms with van der Waals surface area (Å²) in [5, 5.41) is 4.17. The van der Waals surface area contributed by atoms with Crippen molar-refractivity contribution in [2.24, 2.45) is 0 Å². The molecule has 3 aromatic carbocycles. The molecule has 0 aliphatic heterocycles. The Kier molecular flexibility index (Phi) is 6.21. The lowest BCUT2D eigenvalue weighted by molar-refractivity contribution is 1.13. The zero-order chi connectivity index (χ0) is 15.4. The highest BCUT2D eigenvalue weighted by atomic mass is 35.5. The standard InChI is InChI=1S/C20H20NP.ClH/c1-21(2)17-13-15-20(16-14-17)22(18-9-5-3-6-10-18)19-11-7-4-8-12-19;/h3-16H,1-2H3;1H. The van der Waals surface area contributed by atoms with Crippen molar-refractivity contribution in [3.8, 4) is 0 Å². The van der Waals surface area contributed by atoms with Crippen molar-refractivity contribution >= 4 is 41.9 Å². The number of rotatable bonds is 4. The van der Waals surface area contributed by atoms with Crippen molar-refractivity contribution in [3.63, 3.8) is 0 Å². The maximum Gasteiger partial charge on any atom is 0.0361 e. The van der Waals surface area contributed by atoms with Crippen molar-refractivity contribution < 1.29 is 0 Å². The summed E-state index contributed by atoms with van der Waals surface area (Å²) in [4.78, 5) is 2.14. The zero-order valence-electron chi connectivity index (χ0n) is 13.4. The van der Waals surface area contributed by atoms with E-state index in [1.54, 1.807) is 0 Å². The van der Waals surface area contributed by atoms with E-state index < -0.39 is 7.92 Å². The first kappa shape index (κ1) is 17.5. The van der Waals surface area contributed by atoms with E-state index in [0.29, 0.717) is 0 Å². The summed E-state index contributed by atoms with van der Waals surface area (Å²) in [7, 11) is 3.66. The van der Waals surface area contributed by atoms with Gasteiger partial charge >= 0.3 is 0 Å². The molecule has 0 atom stereocenters. The molecule has 3 rings (SSSR count). The fourth-order valence-corrected chi connectivity index (χ4v) is 4.78. The van der Waals surface area contributed by atoms with Crippen molar-refractivity contribution in [1.82, 2.24) is 0 Å². The summed E-state index contributed by atoms with van der Waals surface area (Å²) in [6, 6.07) is 30.5. The van der Waals surface area contributed by atoms with Crippen LogP contribution in [-0.4, -0.2) is 14.1 Å². The van der Waals surface area contributed by atoms with Crippen LogP contribution in [-0.2, 0) is 0 Å². The number of anilines is 1. The summed E-state index contributed by atoms with van der Waals surface area (Å²) in [6.45, 7) is 0. The third kappa shape index (κ3) is 4.13. The molecule has 0 fully saturated rings. The summed E-state index contributed by atoms with van der Waals surface area (Å²) in [5.41, 5.74) is 1.24. The highest BCUT2D eigenvalue weighted by Gasteiger charge is 2.15. The van der Waals surface area contributed by atoms with Crippen molar-refractivity contribution in [1.29, 1.82) is 0 Å². The van der Waals surface area contributed by atoms with Gasteiger partial charge in [-0.2, -0.15) is 0 Å². The van der Waals surface area contributed by atoms with Gasteiger partial charge in [0.25, 0.3) is 0 Å². The van der Waals surface area contributed by atoms with Crippen LogP contribution in [0.3, 0.4) is 0 Å². The number of hydrogen-bond donors (Lipinski definition) is 0. The number of halogens is 1. The molecule has 0 heterocycles. The Balaban J connectivity index is 0.00000192. The van der Waals surface area contributed by atoms with Gasteiger partial charge in [-0.05, 0) is 36.0 Å². The number of benzene rings is 3. The van der Waals surface area contributed by atoms with Crippen LogP contribution in [0.2, 0.25) is 0 Å². The van der Waals surface area contributed by atoms with Gasteiger partial charge in [-0.1, -0.05) is 72.8 Å². The molecule has 118 valence electrons. The van der Waals surface area contributed by atoms with Crippen LogP contribution in [0.1, 0.15) is 0 Å². The largest absolute Gasteiger partial charge is 0.378 e. The fourth-order valence-electron chi connectivity index (χ4n) is 2.50. The maximum atomic E-state index is 2.26. The van der Waals surface area contributed by atoms with E-state index in [2.05, 4.69) is 104 Å². The molecular formula is C20H21ClNP. The van der Waals surface area contributed by atoms with Crippen LogP contribution in [0.15, 0.2) is 84.9 Å². The summed E-state index contributed by atoms with van der Waals surface area (Å²) in [5.74, 6) is 0. The quantitative estimate of drug-likeness (QED) is 0.650. The molecule has 0 saturated carbocycles. The number of hydrogen-bond acceptors (Lipinski definition) is 1. The summed E-state index contributed by atoms with van der Waals surface area (Å²) < 4.78 is 0. The fraction of sp³-hybridized carbons (Fsp3) is 0.100. The summed E-state index contributed by atoms with van der Waals surface area (Å²) in [6.07, 6.45) is 0. The van der Waals surface area contributed by atoms with E-state index in [1.165, 1.54) is 21.6 Å². The maximum absolute atomic E-state index is 2.26. The minimum Gasteiger partial charge on any atom is -0.378 e. The minimum absolute atomic E-state index is 0. The van der Waals surface area contributed by atoms with E-state index in [-0.39, 0.29) is 12.4 Å². The molecular weight excluding hydrogens is 321 g/mol. The Morgan fingerprint density at radius 2 is 0.957 bits per heavy atom. The van der Waals surface area contributed by atoms with E-state index in [1.807, 2.05) is 0 Å². The average Bonchev–Trinajstić information content (AvgIpc) is 2.57. The third-order valence-corrected chi connectivity index (χ3v) is 6.10. The number of nitrogens with zero attached hydrogens (tertiary/aromatic N) is 1. The third-order valence-electron chi connectivity index (χ3n) is 3.65. The van der Waals surface area contributed by atoms with Gasteiger partial charge in [-0.25, -0.2) is 0 Å². The molecule has 3 heteroatoms. The first-order valence-electron chi connectivity index (χ1n) is 7.43. The minimum atomic E-state index is -0.496. The van der Waals surface area contributed by atoms with Gasteiger partial charge in [0, 0.05) is 19.8 Å². The van der Waals surface area contributed by atoms with Crippen LogP contribution in [0.4, 0.5) is 5.69 Å². The van der Waals surface area contributed by atoms with Gasteiger partial charge in [0.15, 0.2) is 0 Å². The van der Waals surface area contributed by atoms with E-state index >= 15 is 0 Å². The normalized spacial score (nSPS) is 10.2. The highest BCUT2D eigenvalue weighted by Crippen LogP contribution is 2.32.